The van der Waals surface area contributed by atoms with Gasteiger partial charge in [0.15, 0.2) is 0 Å². The van der Waals surface area contributed by atoms with Crippen molar-refractivity contribution in [2.45, 2.75) is 89.9 Å². The van der Waals surface area contributed by atoms with Crippen molar-refractivity contribution in [1.82, 2.24) is 0 Å². The average Bonchev–Trinajstić information content (AvgIpc) is 3.27. The predicted octanol–water partition coefficient (Wildman–Crippen LogP) is 7.66. The summed E-state index contributed by atoms with van der Waals surface area (Å²) in [6.45, 7) is 0. The third-order valence-corrected chi connectivity index (χ3v) is 10.9. The molecule has 0 spiro atoms. The second kappa shape index (κ2) is 9.17. The fourth-order valence-electron chi connectivity index (χ4n) is 5.33. The maximum Gasteiger partial charge on any atom is -1.00 e. The van der Waals surface area contributed by atoms with Gasteiger partial charge in [0, 0.05) is 0 Å². The Labute approximate surface area is 169 Å². The molecule has 0 heterocycles. The van der Waals surface area contributed by atoms with Gasteiger partial charge in [-0.3, -0.25) is 0 Å². The van der Waals surface area contributed by atoms with E-state index < -0.39 is 23.2 Å². The first kappa shape index (κ1) is 18.2. The molecule has 0 radical (unpaired) electrons. The summed E-state index contributed by atoms with van der Waals surface area (Å²) in [5, 5.41) is 0. The van der Waals surface area contributed by atoms with Gasteiger partial charge >= 0.3 is 167 Å². The standard InChI is InChI=1S/2C12H17.Zr.2H/c2*1-2-6-11(7-3-1)10-12-8-4-5-9-12;;;/h2*4,8,11H,1-3,5-7,10H2;;;/q;;;2*-1. The Morgan fingerprint density at radius 3 is 1.56 bits per heavy atom. The fraction of sp³-hybridized carbons (Fsp3) is 0.667. The molecule has 0 atom stereocenters. The summed E-state index contributed by atoms with van der Waals surface area (Å²) in [6.07, 6.45) is 30.2. The van der Waals surface area contributed by atoms with Crippen molar-refractivity contribution < 1.29 is 26.1 Å². The summed E-state index contributed by atoms with van der Waals surface area (Å²) in [6, 6.07) is 0. The van der Waals surface area contributed by atoms with Gasteiger partial charge in [-0.15, -0.1) is 0 Å². The van der Waals surface area contributed by atoms with Crippen molar-refractivity contribution in [3.05, 3.63) is 42.0 Å². The largest absolute Gasteiger partial charge is 1.00 e. The van der Waals surface area contributed by atoms with Crippen LogP contribution in [0.5, 0.6) is 0 Å². The van der Waals surface area contributed by atoms with Crippen LogP contribution in [-0.4, -0.2) is 0 Å². The molecule has 0 unspecified atom stereocenters. The van der Waals surface area contributed by atoms with Crippen molar-refractivity contribution in [2.24, 2.45) is 11.8 Å². The summed E-state index contributed by atoms with van der Waals surface area (Å²) < 4.78 is 3.85. The van der Waals surface area contributed by atoms with Gasteiger partial charge in [-0.1, -0.05) is 0 Å². The van der Waals surface area contributed by atoms with Gasteiger partial charge in [-0.25, -0.2) is 0 Å². The third kappa shape index (κ3) is 4.97. The van der Waals surface area contributed by atoms with Crippen LogP contribution in [0.4, 0.5) is 0 Å². The minimum atomic E-state index is -0.516. The van der Waals surface area contributed by atoms with E-state index in [0.29, 0.717) is 0 Å². The number of hydrogen-bond donors (Lipinski definition) is 0. The minimum Gasteiger partial charge on any atom is -1.00 e. The molecule has 2 fully saturated rings. The molecule has 0 saturated heterocycles. The molecule has 4 aliphatic carbocycles. The van der Waals surface area contributed by atoms with Crippen LogP contribution in [0, 0.1) is 11.8 Å². The molecule has 138 valence electrons. The Balaban J connectivity index is 0.00000131. The second-order valence-electron chi connectivity index (χ2n) is 8.76. The quantitative estimate of drug-likeness (QED) is 0.417. The Morgan fingerprint density at radius 1 is 0.680 bits per heavy atom. The molecule has 0 aromatic carbocycles. The summed E-state index contributed by atoms with van der Waals surface area (Å²) in [7, 11) is 0. The molecule has 0 amide bonds. The van der Waals surface area contributed by atoms with Gasteiger partial charge in [-0.05, 0) is 0 Å². The Hall–Kier alpha value is -0.157. The molecule has 0 aromatic heterocycles. The van der Waals surface area contributed by atoms with Crippen LogP contribution in [0.25, 0.3) is 0 Å². The zero-order chi connectivity index (χ0) is 16.9. The van der Waals surface area contributed by atoms with Gasteiger partial charge in [0.1, 0.15) is 0 Å². The molecule has 0 N–H and O–H groups in total. The average molecular weight is 416 g/mol. The van der Waals surface area contributed by atoms with Crippen LogP contribution >= 0.6 is 0 Å². The van der Waals surface area contributed by atoms with Crippen LogP contribution in [0.3, 0.4) is 0 Å². The van der Waals surface area contributed by atoms with E-state index in [2.05, 4.69) is 24.3 Å². The first-order chi connectivity index (χ1) is 12.4. The van der Waals surface area contributed by atoms with Crippen molar-refractivity contribution in [3.63, 3.8) is 0 Å². The van der Waals surface area contributed by atoms with Gasteiger partial charge in [0.25, 0.3) is 0 Å². The number of allylic oxidation sites excluding steroid dienone is 8. The molecule has 0 nitrogen and oxygen atoms in total. The van der Waals surface area contributed by atoms with E-state index in [0.717, 1.165) is 11.8 Å². The van der Waals surface area contributed by atoms with E-state index in [4.69, 9.17) is 0 Å². The first-order valence-electron chi connectivity index (χ1n) is 10.9. The molecular formula is C24H36Zr-2. The van der Waals surface area contributed by atoms with E-state index in [1.165, 1.54) is 89.9 Å². The maximum absolute atomic E-state index is 2.51. The number of hydrogen-bond acceptors (Lipinski definition) is 0. The summed E-state index contributed by atoms with van der Waals surface area (Å²) >= 11 is -0.516. The molecule has 2 saturated carbocycles. The van der Waals surface area contributed by atoms with E-state index in [9.17, 15) is 0 Å². The van der Waals surface area contributed by atoms with Gasteiger partial charge < -0.3 is 2.85 Å². The first-order valence-corrected chi connectivity index (χ1v) is 13.4. The Morgan fingerprint density at radius 2 is 1.12 bits per heavy atom. The van der Waals surface area contributed by atoms with Crippen LogP contribution in [0.15, 0.2) is 42.0 Å². The molecule has 0 bridgehead atoms. The molecule has 25 heavy (non-hydrogen) atoms. The van der Waals surface area contributed by atoms with Crippen LogP contribution in [-0.2, 0) is 23.2 Å². The summed E-state index contributed by atoms with van der Waals surface area (Å²) in [5.74, 6) is 2.00. The van der Waals surface area contributed by atoms with Gasteiger partial charge in [0.05, 0.1) is 0 Å². The maximum atomic E-state index is 2.51. The number of rotatable bonds is 6. The molecule has 4 rings (SSSR count). The Bertz CT molecular complexity index is 536. The molecular weight excluding hydrogens is 379 g/mol. The zero-order valence-corrected chi connectivity index (χ0v) is 18.3. The van der Waals surface area contributed by atoms with Crippen LogP contribution in [0.1, 0.15) is 92.7 Å². The van der Waals surface area contributed by atoms with E-state index in [1.54, 1.807) is 11.1 Å². The monoisotopic (exact) mass is 414 g/mol. The molecule has 1 heteroatoms. The smallest absolute Gasteiger partial charge is 1.00 e. The summed E-state index contributed by atoms with van der Waals surface area (Å²) in [4.78, 5) is 0. The fourth-order valence-corrected chi connectivity index (χ4v) is 9.01. The van der Waals surface area contributed by atoms with Crippen LogP contribution < -0.4 is 0 Å². The van der Waals surface area contributed by atoms with Gasteiger partial charge in [0.2, 0.25) is 0 Å². The topological polar surface area (TPSA) is 0 Å². The zero-order valence-electron chi connectivity index (χ0n) is 17.9. The third-order valence-electron chi connectivity index (χ3n) is 6.83. The normalized spacial score (nSPS) is 25.4. The molecule has 0 aromatic rings. The second-order valence-corrected chi connectivity index (χ2v) is 12.3. The summed E-state index contributed by atoms with van der Waals surface area (Å²) in [5.41, 5.74) is 3.57. The minimum absolute atomic E-state index is 0. The molecule has 0 aliphatic heterocycles. The van der Waals surface area contributed by atoms with Crippen molar-refractivity contribution in [3.8, 4) is 0 Å². The van der Waals surface area contributed by atoms with Gasteiger partial charge in [-0.2, -0.15) is 0 Å². The van der Waals surface area contributed by atoms with Crippen molar-refractivity contribution >= 4 is 0 Å². The van der Waals surface area contributed by atoms with Crippen molar-refractivity contribution in [1.29, 1.82) is 0 Å². The van der Waals surface area contributed by atoms with E-state index >= 15 is 0 Å². The molecule has 4 aliphatic rings. The SMILES string of the molecule is C1=CC(CC2CCCCC2)=[C]([Zr][C]2=C(CC3CCCCC3)C=CC2)C1.[H-].[H-]. The van der Waals surface area contributed by atoms with Crippen molar-refractivity contribution in [2.75, 3.05) is 0 Å². The van der Waals surface area contributed by atoms with E-state index in [1.807, 2.05) is 6.56 Å². The predicted molar refractivity (Wildman–Crippen MR) is 106 cm³/mol. The van der Waals surface area contributed by atoms with E-state index in [-0.39, 0.29) is 2.85 Å². The Kier molecular flexibility index (Phi) is 6.68. The van der Waals surface area contributed by atoms with Crippen LogP contribution in [0.2, 0.25) is 0 Å².